The summed E-state index contributed by atoms with van der Waals surface area (Å²) in [6.07, 6.45) is 6.54. The Hall–Kier alpha value is -0.120. The minimum atomic E-state index is 0.290. The number of rotatable bonds is 4. The summed E-state index contributed by atoms with van der Waals surface area (Å²) < 4.78 is 0. The number of nitrogens with two attached hydrogens (primary N) is 1. The van der Waals surface area contributed by atoms with Crippen molar-refractivity contribution in [3.63, 3.8) is 0 Å². The maximum atomic E-state index is 6.24. The van der Waals surface area contributed by atoms with Crippen LogP contribution in [0.25, 0.3) is 0 Å². The Morgan fingerprint density at radius 2 is 1.84 bits per heavy atom. The Morgan fingerprint density at radius 3 is 2.42 bits per heavy atom. The van der Waals surface area contributed by atoms with Crippen molar-refractivity contribution in [3.05, 3.63) is 0 Å². The molecule has 0 aliphatic carbocycles. The van der Waals surface area contributed by atoms with Gasteiger partial charge in [-0.2, -0.15) is 0 Å². The van der Waals surface area contributed by atoms with E-state index >= 15 is 0 Å². The van der Waals surface area contributed by atoms with Crippen molar-refractivity contribution in [1.82, 2.24) is 9.80 Å². The van der Waals surface area contributed by atoms with Crippen molar-refractivity contribution in [2.75, 3.05) is 32.7 Å². The Labute approximate surface area is 119 Å². The van der Waals surface area contributed by atoms with E-state index in [1.54, 1.807) is 0 Å². The van der Waals surface area contributed by atoms with Gasteiger partial charge in [-0.05, 0) is 64.6 Å². The van der Waals surface area contributed by atoms with Crippen molar-refractivity contribution >= 4 is 0 Å². The molecule has 3 heteroatoms. The van der Waals surface area contributed by atoms with E-state index in [9.17, 15) is 0 Å². The van der Waals surface area contributed by atoms with Gasteiger partial charge in [0.25, 0.3) is 0 Å². The van der Waals surface area contributed by atoms with Crippen LogP contribution in [0.1, 0.15) is 52.9 Å². The first-order valence-corrected chi connectivity index (χ1v) is 8.30. The monoisotopic (exact) mass is 267 g/mol. The highest BCUT2D eigenvalue weighted by molar-refractivity contribution is 4.99. The Kier molecular flexibility index (Phi) is 5.27. The lowest BCUT2D eigenvalue weighted by molar-refractivity contribution is -0.0282. The smallest absolute Gasteiger partial charge is 0.0358 e. The standard InChI is InChI=1S/C16H33N3/c1-4-9-18-10-7-16(13-17,8-11-18)19-12-14(2)5-6-15(19)3/h14-15H,4-13,17H2,1-3H3. The van der Waals surface area contributed by atoms with Crippen molar-refractivity contribution in [3.8, 4) is 0 Å². The molecule has 2 rings (SSSR count). The molecule has 2 saturated heterocycles. The maximum Gasteiger partial charge on any atom is 0.0358 e. The van der Waals surface area contributed by atoms with Gasteiger partial charge in [-0.15, -0.1) is 0 Å². The topological polar surface area (TPSA) is 32.5 Å². The lowest BCUT2D eigenvalue weighted by Crippen LogP contribution is -2.63. The SMILES string of the molecule is CCCN1CCC(CN)(N2CC(C)CCC2C)CC1. The average molecular weight is 267 g/mol. The lowest BCUT2D eigenvalue weighted by atomic mass is 9.81. The highest BCUT2D eigenvalue weighted by Crippen LogP contribution is 2.35. The van der Waals surface area contributed by atoms with Gasteiger partial charge in [0.15, 0.2) is 0 Å². The van der Waals surface area contributed by atoms with Crippen LogP contribution in [-0.2, 0) is 0 Å². The van der Waals surface area contributed by atoms with Gasteiger partial charge >= 0.3 is 0 Å². The molecule has 0 aromatic carbocycles. The van der Waals surface area contributed by atoms with Crippen LogP contribution in [0.15, 0.2) is 0 Å². The van der Waals surface area contributed by atoms with Crippen LogP contribution < -0.4 is 5.73 Å². The summed E-state index contributed by atoms with van der Waals surface area (Å²) in [6, 6.07) is 0.720. The largest absolute Gasteiger partial charge is 0.329 e. The van der Waals surface area contributed by atoms with Gasteiger partial charge in [-0.1, -0.05) is 13.8 Å². The van der Waals surface area contributed by atoms with Gasteiger partial charge < -0.3 is 10.6 Å². The van der Waals surface area contributed by atoms with Crippen LogP contribution in [0.4, 0.5) is 0 Å². The number of piperidine rings is 2. The zero-order valence-corrected chi connectivity index (χ0v) is 13.2. The lowest BCUT2D eigenvalue weighted by Gasteiger charge is -2.53. The minimum absolute atomic E-state index is 0.290. The summed E-state index contributed by atoms with van der Waals surface area (Å²) >= 11 is 0. The van der Waals surface area contributed by atoms with E-state index in [4.69, 9.17) is 5.73 Å². The Bertz CT molecular complexity index is 271. The molecule has 19 heavy (non-hydrogen) atoms. The fourth-order valence-electron chi connectivity index (χ4n) is 4.07. The molecule has 0 spiro atoms. The number of nitrogens with zero attached hydrogens (tertiary/aromatic N) is 2. The van der Waals surface area contributed by atoms with Crippen LogP contribution in [0.5, 0.6) is 0 Å². The quantitative estimate of drug-likeness (QED) is 0.848. The summed E-state index contributed by atoms with van der Waals surface area (Å²) in [5, 5.41) is 0. The summed E-state index contributed by atoms with van der Waals surface area (Å²) in [7, 11) is 0. The van der Waals surface area contributed by atoms with Gasteiger partial charge in [0, 0.05) is 24.7 Å². The normalized spacial score (nSPS) is 33.5. The molecule has 3 nitrogen and oxygen atoms in total. The second-order valence-electron chi connectivity index (χ2n) is 6.95. The van der Waals surface area contributed by atoms with Crippen molar-refractivity contribution < 1.29 is 0 Å². The first kappa shape index (κ1) is 15.3. The Balaban J connectivity index is 2.02. The van der Waals surface area contributed by atoms with E-state index < -0.39 is 0 Å². The molecular weight excluding hydrogens is 234 g/mol. The number of hydrogen-bond acceptors (Lipinski definition) is 3. The molecule has 2 aliphatic heterocycles. The Morgan fingerprint density at radius 1 is 1.16 bits per heavy atom. The molecule has 2 N–H and O–H groups in total. The summed E-state index contributed by atoms with van der Waals surface area (Å²) in [5.41, 5.74) is 6.53. The predicted molar refractivity (Wildman–Crippen MR) is 82.3 cm³/mol. The molecule has 0 radical (unpaired) electrons. The molecule has 0 bridgehead atoms. The molecule has 0 amide bonds. The van der Waals surface area contributed by atoms with Gasteiger partial charge in [-0.3, -0.25) is 4.90 Å². The molecule has 0 aromatic rings. The highest BCUT2D eigenvalue weighted by Gasteiger charge is 2.42. The fourth-order valence-corrected chi connectivity index (χ4v) is 4.07. The molecule has 2 aliphatic rings. The van der Waals surface area contributed by atoms with Crippen LogP contribution >= 0.6 is 0 Å². The van der Waals surface area contributed by atoms with Gasteiger partial charge in [0.2, 0.25) is 0 Å². The van der Waals surface area contributed by atoms with E-state index in [0.29, 0.717) is 5.54 Å². The highest BCUT2D eigenvalue weighted by atomic mass is 15.3. The second kappa shape index (κ2) is 6.55. The molecule has 0 aromatic heterocycles. The number of likely N-dealkylation sites (tertiary alicyclic amines) is 2. The van der Waals surface area contributed by atoms with E-state index in [1.165, 1.54) is 58.3 Å². The molecule has 2 fully saturated rings. The van der Waals surface area contributed by atoms with E-state index in [1.807, 2.05) is 0 Å². The van der Waals surface area contributed by atoms with Gasteiger partial charge in [0.1, 0.15) is 0 Å². The van der Waals surface area contributed by atoms with Gasteiger partial charge in [-0.25, -0.2) is 0 Å². The molecule has 112 valence electrons. The summed E-state index contributed by atoms with van der Waals surface area (Å²) in [5.74, 6) is 0.841. The van der Waals surface area contributed by atoms with Crippen LogP contribution in [0, 0.1) is 5.92 Å². The zero-order valence-electron chi connectivity index (χ0n) is 13.2. The predicted octanol–water partition coefficient (Wildman–Crippen LogP) is 2.31. The third-order valence-corrected chi connectivity index (χ3v) is 5.43. The second-order valence-corrected chi connectivity index (χ2v) is 6.95. The average Bonchev–Trinajstić information content (AvgIpc) is 2.43. The third kappa shape index (κ3) is 3.32. The first-order chi connectivity index (χ1) is 9.11. The zero-order chi connectivity index (χ0) is 13.9. The number of hydrogen-bond donors (Lipinski definition) is 1. The van der Waals surface area contributed by atoms with E-state index in [-0.39, 0.29) is 0 Å². The third-order valence-electron chi connectivity index (χ3n) is 5.43. The molecular formula is C16H33N3. The maximum absolute atomic E-state index is 6.24. The van der Waals surface area contributed by atoms with Crippen molar-refractivity contribution in [2.45, 2.75) is 64.5 Å². The van der Waals surface area contributed by atoms with Crippen LogP contribution in [0.2, 0.25) is 0 Å². The van der Waals surface area contributed by atoms with E-state index in [2.05, 4.69) is 30.6 Å². The minimum Gasteiger partial charge on any atom is -0.329 e. The molecule has 2 unspecified atom stereocenters. The summed E-state index contributed by atoms with van der Waals surface area (Å²) in [4.78, 5) is 5.39. The van der Waals surface area contributed by atoms with E-state index in [0.717, 1.165) is 18.5 Å². The van der Waals surface area contributed by atoms with Crippen molar-refractivity contribution in [2.24, 2.45) is 11.7 Å². The van der Waals surface area contributed by atoms with Crippen LogP contribution in [-0.4, -0.2) is 54.1 Å². The molecule has 0 saturated carbocycles. The fraction of sp³-hybridized carbons (Fsp3) is 1.00. The van der Waals surface area contributed by atoms with Gasteiger partial charge in [0.05, 0.1) is 0 Å². The first-order valence-electron chi connectivity index (χ1n) is 8.30. The molecule has 2 heterocycles. The molecule has 2 atom stereocenters. The van der Waals surface area contributed by atoms with Crippen molar-refractivity contribution in [1.29, 1.82) is 0 Å². The summed E-state index contributed by atoms with van der Waals surface area (Å²) in [6.45, 7) is 12.9. The van der Waals surface area contributed by atoms with Crippen LogP contribution in [0.3, 0.4) is 0 Å².